The number of rotatable bonds is 2. The van der Waals surface area contributed by atoms with Crippen molar-refractivity contribution >= 4 is 17.3 Å². The van der Waals surface area contributed by atoms with Gasteiger partial charge in [0, 0.05) is 4.88 Å². The van der Waals surface area contributed by atoms with Gasteiger partial charge in [0.25, 0.3) is 0 Å². The topological polar surface area (TPSA) is 37.3 Å². The summed E-state index contributed by atoms with van der Waals surface area (Å²) in [5.74, 6) is -0.325. The van der Waals surface area contributed by atoms with Gasteiger partial charge in [-0.2, -0.15) is 0 Å². The van der Waals surface area contributed by atoms with Gasteiger partial charge in [-0.1, -0.05) is 27.7 Å². The minimum Gasteiger partial charge on any atom is -0.477 e. The molecule has 0 saturated carbocycles. The fraction of sp³-hybridized carbons (Fsp3) is 0.643. The molecule has 0 aromatic carbocycles. The lowest BCUT2D eigenvalue weighted by Crippen LogP contribution is -2.23. The van der Waals surface area contributed by atoms with Crippen LogP contribution in [0.25, 0.3) is 0 Å². The summed E-state index contributed by atoms with van der Waals surface area (Å²) in [6.45, 7) is 8.86. The van der Waals surface area contributed by atoms with Gasteiger partial charge >= 0.3 is 5.97 Å². The van der Waals surface area contributed by atoms with Crippen LogP contribution in [-0.4, -0.2) is 11.1 Å². The molecule has 2 nitrogen and oxygen atoms in total. The van der Waals surface area contributed by atoms with Crippen LogP contribution in [0.5, 0.6) is 0 Å². The van der Waals surface area contributed by atoms with Gasteiger partial charge in [-0.05, 0) is 41.7 Å². The summed E-state index contributed by atoms with van der Waals surface area (Å²) in [7, 11) is 0. The molecular formula is C14H20O2S. The quantitative estimate of drug-likeness (QED) is 0.861. The number of carboxylic acid groups (broad SMARTS) is 1. The fourth-order valence-corrected chi connectivity index (χ4v) is 3.86. The summed E-state index contributed by atoms with van der Waals surface area (Å²) in [6.07, 6.45) is 3.04. The summed E-state index contributed by atoms with van der Waals surface area (Å²) in [4.78, 5) is 13.1. The van der Waals surface area contributed by atoms with Crippen molar-refractivity contribution < 1.29 is 9.90 Å². The highest BCUT2D eigenvalue weighted by atomic mass is 32.1. The second-order valence-corrected chi connectivity index (χ2v) is 7.11. The lowest BCUT2D eigenvalue weighted by molar-refractivity contribution is 0.0700. The Morgan fingerprint density at radius 3 is 2.53 bits per heavy atom. The molecule has 3 heteroatoms. The summed E-state index contributed by atoms with van der Waals surface area (Å²) in [5.41, 5.74) is 2.76. The molecular weight excluding hydrogens is 232 g/mol. The van der Waals surface area contributed by atoms with E-state index in [1.807, 2.05) is 0 Å². The monoisotopic (exact) mass is 252 g/mol. The van der Waals surface area contributed by atoms with Crippen molar-refractivity contribution in [3.8, 4) is 0 Å². The van der Waals surface area contributed by atoms with Crippen LogP contribution in [0.3, 0.4) is 0 Å². The first kappa shape index (κ1) is 12.6. The van der Waals surface area contributed by atoms with Crippen molar-refractivity contribution in [2.24, 2.45) is 5.41 Å². The molecule has 1 aromatic rings. The Bertz CT molecular complexity index is 455. The molecule has 0 amide bonds. The van der Waals surface area contributed by atoms with E-state index in [1.54, 1.807) is 0 Å². The molecule has 0 bridgehead atoms. The first-order chi connectivity index (χ1) is 7.82. The van der Waals surface area contributed by atoms with Crippen molar-refractivity contribution in [1.29, 1.82) is 0 Å². The van der Waals surface area contributed by atoms with Crippen molar-refractivity contribution in [2.45, 2.75) is 52.9 Å². The van der Waals surface area contributed by atoms with Gasteiger partial charge in [0.1, 0.15) is 4.88 Å². The molecule has 2 rings (SSSR count). The highest BCUT2D eigenvalue weighted by molar-refractivity contribution is 7.14. The standard InChI is InChI=1S/C14H20O2S/c1-8(2)11-10-7-14(3,4)6-5-9(10)12(17-11)13(15)16/h8H,5-7H2,1-4H3,(H,15,16). The molecule has 1 aromatic heterocycles. The van der Waals surface area contributed by atoms with E-state index in [0.29, 0.717) is 16.2 Å². The molecule has 1 aliphatic rings. The minimum atomic E-state index is -0.752. The zero-order chi connectivity index (χ0) is 12.8. The van der Waals surface area contributed by atoms with Crippen molar-refractivity contribution in [1.82, 2.24) is 0 Å². The van der Waals surface area contributed by atoms with Crippen LogP contribution < -0.4 is 0 Å². The third-order valence-electron chi connectivity index (χ3n) is 3.57. The van der Waals surface area contributed by atoms with Crippen LogP contribution in [-0.2, 0) is 12.8 Å². The number of thiophene rings is 1. The Balaban J connectivity index is 2.54. The average molecular weight is 252 g/mol. The van der Waals surface area contributed by atoms with Gasteiger partial charge in [0.15, 0.2) is 0 Å². The Hall–Kier alpha value is -0.830. The van der Waals surface area contributed by atoms with Crippen LogP contribution in [0.2, 0.25) is 0 Å². The number of carboxylic acids is 1. The van der Waals surface area contributed by atoms with Gasteiger partial charge in [-0.25, -0.2) is 4.79 Å². The maximum Gasteiger partial charge on any atom is 0.346 e. The molecule has 1 aliphatic carbocycles. The lowest BCUT2D eigenvalue weighted by Gasteiger charge is -2.30. The number of carbonyl (C=O) groups is 1. The minimum absolute atomic E-state index is 0.313. The maximum atomic E-state index is 11.3. The highest BCUT2D eigenvalue weighted by Crippen LogP contribution is 2.43. The predicted molar refractivity (Wildman–Crippen MR) is 71.2 cm³/mol. The van der Waals surface area contributed by atoms with E-state index >= 15 is 0 Å². The van der Waals surface area contributed by atoms with E-state index in [9.17, 15) is 9.90 Å². The second-order valence-electron chi connectivity index (χ2n) is 6.05. The van der Waals surface area contributed by atoms with E-state index in [-0.39, 0.29) is 0 Å². The molecule has 0 saturated heterocycles. The van der Waals surface area contributed by atoms with Gasteiger partial charge in [-0.3, -0.25) is 0 Å². The smallest absolute Gasteiger partial charge is 0.346 e. The SMILES string of the molecule is CC(C)c1sc(C(=O)O)c2c1CC(C)(C)CC2. The molecule has 1 heterocycles. The molecule has 0 radical (unpaired) electrons. The van der Waals surface area contributed by atoms with Crippen LogP contribution >= 0.6 is 11.3 Å². The van der Waals surface area contributed by atoms with Gasteiger partial charge in [-0.15, -0.1) is 11.3 Å². The summed E-state index contributed by atoms with van der Waals surface area (Å²) >= 11 is 1.49. The normalized spacial score (nSPS) is 18.2. The molecule has 0 aliphatic heterocycles. The Morgan fingerprint density at radius 1 is 1.35 bits per heavy atom. The van der Waals surface area contributed by atoms with Crippen molar-refractivity contribution in [3.05, 3.63) is 20.9 Å². The molecule has 94 valence electrons. The predicted octanol–water partition coefficient (Wildman–Crippen LogP) is 4.08. The number of aromatic carboxylic acids is 1. The Morgan fingerprint density at radius 2 is 2.00 bits per heavy atom. The van der Waals surface area contributed by atoms with Crippen LogP contribution in [0.15, 0.2) is 0 Å². The maximum absolute atomic E-state index is 11.3. The molecule has 0 unspecified atom stereocenters. The summed E-state index contributed by atoms with van der Waals surface area (Å²) in [5, 5.41) is 9.28. The van der Waals surface area contributed by atoms with Gasteiger partial charge in [0.2, 0.25) is 0 Å². The third-order valence-corrected chi connectivity index (χ3v) is 5.14. The van der Waals surface area contributed by atoms with Crippen LogP contribution in [0.4, 0.5) is 0 Å². The molecule has 0 fully saturated rings. The van der Waals surface area contributed by atoms with E-state index < -0.39 is 5.97 Å². The number of hydrogen-bond acceptors (Lipinski definition) is 2. The fourth-order valence-electron chi connectivity index (χ4n) is 2.65. The third kappa shape index (κ3) is 2.25. The van der Waals surface area contributed by atoms with E-state index in [1.165, 1.54) is 21.8 Å². The van der Waals surface area contributed by atoms with Crippen molar-refractivity contribution in [2.75, 3.05) is 0 Å². The zero-order valence-electron chi connectivity index (χ0n) is 11.0. The first-order valence-corrected chi connectivity index (χ1v) is 7.01. The van der Waals surface area contributed by atoms with Crippen LogP contribution in [0, 0.1) is 5.41 Å². The van der Waals surface area contributed by atoms with Gasteiger partial charge < -0.3 is 5.11 Å². The van der Waals surface area contributed by atoms with E-state index in [0.717, 1.165) is 24.8 Å². The zero-order valence-corrected chi connectivity index (χ0v) is 11.8. The Labute approximate surface area is 107 Å². The first-order valence-electron chi connectivity index (χ1n) is 6.19. The largest absolute Gasteiger partial charge is 0.477 e. The van der Waals surface area contributed by atoms with Gasteiger partial charge in [0.05, 0.1) is 0 Å². The van der Waals surface area contributed by atoms with E-state index in [4.69, 9.17) is 0 Å². The molecule has 0 spiro atoms. The number of hydrogen-bond donors (Lipinski definition) is 1. The second kappa shape index (κ2) is 4.13. The molecule has 1 N–H and O–H groups in total. The average Bonchev–Trinajstić information content (AvgIpc) is 2.54. The number of fused-ring (bicyclic) bond motifs is 1. The summed E-state index contributed by atoms with van der Waals surface area (Å²) < 4.78 is 0. The summed E-state index contributed by atoms with van der Waals surface area (Å²) in [6, 6.07) is 0. The van der Waals surface area contributed by atoms with Crippen molar-refractivity contribution in [3.63, 3.8) is 0 Å². The molecule has 17 heavy (non-hydrogen) atoms. The Kier molecular flexibility index (Phi) is 3.06. The highest BCUT2D eigenvalue weighted by Gasteiger charge is 2.32. The molecule has 0 atom stereocenters. The lowest BCUT2D eigenvalue weighted by atomic mass is 9.74. The van der Waals surface area contributed by atoms with Crippen LogP contribution in [0.1, 0.15) is 65.7 Å². The van der Waals surface area contributed by atoms with E-state index in [2.05, 4.69) is 27.7 Å².